The lowest BCUT2D eigenvalue weighted by Gasteiger charge is -2.35. The lowest BCUT2D eigenvalue weighted by atomic mass is 9.95. The first kappa shape index (κ1) is 14.5. The molecule has 108 valence electrons. The Kier molecular flexibility index (Phi) is 4.34. The van der Waals surface area contributed by atoms with Crippen LogP contribution in [0.25, 0.3) is 0 Å². The van der Waals surface area contributed by atoms with Crippen molar-refractivity contribution < 1.29 is 19.1 Å². The van der Waals surface area contributed by atoms with E-state index in [1.807, 2.05) is 0 Å². The summed E-state index contributed by atoms with van der Waals surface area (Å²) < 4.78 is 14.0. The fourth-order valence-corrected chi connectivity index (χ4v) is 2.24. The molecule has 0 spiro atoms. The molecule has 20 heavy (non-hydrogen) atoms. The molecule has 2 N–H and O–H groups in total. The summed E-state index contributed by atoms with van der Waals surface area (Å²) in [4.78, 5) is 24.9. The van der Waals surface area contributed by atoms with Gasteiger partial charge >= 0.3 is 11.8 Å². The van der Waals surface area contributed by atoms with Crippen LogP contribution in [0.1, 0.15) is 12.8 Å². The predicted octanol–water partition coefficient (Wildman–Crippen LogP) is 0.948. The average molecular weight is 280 g/mol. The number of nitrogens with zero attached hydrogens (tertiary/aromatic N) is 1. The van der Waals surface area contributed by atoms with E-state index in [2.05, 4.69) is 5.32 Å². The number of aliphatic hydroxyl groups excluding tert-OH is 1. The molecule has 0 bridgehead atoms. The number of likely N-dealkylation sites (tertiary alicyclic amines) is 1. The molecule has 1 heterocycles. The van der Waals surface area contributed by atoms with E-state index < -0.39 is 24.1 Å². The van der Waals surface area contributed by atoms with E-state index in [1.54, 1.807) is 30.3 Å². The summed E-state index contributed by atoms with van der Waals surface area (Å²) in [6, 6.07) is 8.59. The number of amides is 2. The summed E-state index contributed by atoms with van der Waals surface area (Å²) in [5, 5.41) is 11.5. The molecule has 1 fully saturated rings. The van der Waals surface area contributed by atoms with Gasteiger partial charge in [0.1, 0.15) is 0 Å². The predicted molar refractivity (Wildman–Crippen MR) is 71.8 cm³/mol. The van der Waals surface area contributed by atoms with Crippen molar-refractivity contribution in [3.8, 4) is 0 Å². The van der Waals surface area contributed by atoms with Gasteiger partial charge in [0.15, 0.2) is 5.67 Å². The molecule has 6 heteroatoms. The average Bonchev–Trinajstić information content (AvgIpc) is 2.47. The van der Waals surface area contributed by atoms with E-state index in [9.17, 15) is 14.0 Å². The maximum absolute atomic E-state index is 14.0. The summed E-state index contributed by atoms with van der Waals surface area (Å²) in [6.45, 7) is -0.561. The Morgan fingerprint density at radius 3 is 2.70 bits per heavy atom. The molecule has 0 aliphatic carbocycles. The number of carbonyl (C=O) groups excluding carboxylic acids is 2. The van der Waals surface area contributed by atoms with Crippen LogP contribution in [-0.2, 0) is 9.59 Å². The van der Waals surface area contributed by atoms with Crippen molar-refractivity contribution >= 4 is 17.5 Å². The monoisotopic (exact) mass is 280 g/mol. The fourth-order valence-electron chi connectivity index (χ4n) is 2.24. The quantitative estimate of drug-likeness (QED) is 0.792. The largest absolute Gasteiger partial charge is 0.393 e. The van der Waals surface area contributed by atoms with Gasteiger partial charge in [-0.05, 0) is 25.0 Å². The molecular weight excluding hydrogens is 263 g/mol. The van der Waals surface area contributed by atoms with Crippen LogP contribution in [0.2, 0.25) is 0 Å². The highest BCUT2D eigenvalue weighted by Crippen LogP contribution is 2.24. The zero-order valence-electron chi connectivity index (χ0n) is 11.0. The number of nitrogens with one attached hydrogen (secondary N) is 1. The van der Waals surface area contributed by atoms with Crippen LogP contribution in [0.4, 0.5) is 10.1 Å². The summed E-state index contributed by atoms with van der Waals surface area (Å²) in [5.74, 6) is -1.57. The molecule has 0 aromatic heterocycles. The second-order valence-corrected chi connectivity index (χ2v) is 4.96. The highest BCUT2D eigenvalue weighted by Gasteiger charge is 2.38. The molecule has 1 aromatic rings. The lowest BCUT2D eigenvalue weighted by Crippen LogP contribution is -2.52. The van der Waals surface area contributed by atoms with Crippen LogP contribution in [0, 0.1) is 0 Å². The van der Waals surface area contributed by atoms with Crippen molar-refractivity contribution in [3.63, 3.8) is 0 Å². The van der Waals surface area contributed by atoms with Gasteiger partial charge in [0, 0.05) is 12.2 Å². The van der Waals surface area contributed by atoms with Gasteiger partial charge in [0.25, 0.3) is 0 Å². The molecule has 1 saturated heterocycles. The molecular formula is C14H17FN2O3. The number of hydrogen-bond donors (Lipinski definition) is 2. The number of anilines is 1. The minimum atomic E-state index is -1.80. The summed E-state index contributed by atoms with van der Waals surface area (Å²) in [7, 11) is 0. The molecule has 5 nitrogen and oxygen atoms in total. The third-order valence-corrected chi connectivity index (χ3v) is 3.32. The molecule has 1 aliphatic rings. The van der Waals surface area contributed by atoms with Crippen LogP contribution < -0.4 is 5.32 Å². The SMILES string of the molecule is O=C(Nc1ccccc1)C(=O)N1CCC[C@](F)(CO)C1. The number of carbonyl (C=O) groups is 2. The number of piperidine rings is 1. The zero-order chi connectivity index (χ0) is 14.6. The van der Waals surface area contributed by atoms with E-state index in [-0.39, 0.29) is 13.0 Å². The van der Waals surface area contributed by atoms with Gasteiger partial charge in [-0.3, -0.25) is 9.59 Å². The van der Waals surface area contributed by atoms with E-state index in [0.717, 1.165) is 4.90 Å². The first-order valence-electron chi connectivity index (χ1n) is 6.49. The van der Waals surface area contributed by atoms with Gasteiger partial charge in [-0.1, -0.05) is 18.2 Å². The van der Waals surface area contributed by atoms with Crippen LogP contribution in [0.15, 0.2) is 30.3 Å². The third kappa shape index (κ3) is 3.33. The Labute approximate surface area is 116 Å². The second-order valence-electron chi connectivity index (χ2n) is 4.96. The summed E-state index contributed by atoms with van der Waals surface area (Å²) >= 11 is 0. The Balaban J connectivity index is 1.98. The van der Waals surface area contributed by atoms with Gasteiger partial charge in [-0.15, -0.1) is 0 Å². The summed E-state index contributed by atoms with van der Waals surface area (Å²) in [6.07, 6.45) is 0.634. The highest BCUT2D eigenvalue weighted by molar-refractivity contribution is 6.39. The van der Waals surface area contributed by atoms with Crippen LogP contribution in [0.5, 0.6) is 0 Å². The minimum absolute atomic E-state index is 0.202. The van der Waals surface area contributed by atoms with Gasteiger partial charge in [0.2, 0.25) is 0 Å². The molecule has 0 unspecified atom stereocenters. The Bertz CT molecular complexity index is 494. The van der Waals surface area contributed by atoms with Gasteiger partial charge < -0.3 is 15.3 Å². The van der Waals surface area contributed by atoms with E-state index in [0.29, 0.717) is 18.7 Å². The summed E-state index contributed by atoms with van der Waals surface area (Å²) in [5.41, 5.74) is -1.29. The molecule has 1 atom stereocenters. The zero-order valence-corrected chi connectivity index (χ0v) is 11.0. The normalized spacial score (nSPS) is 22.4. The molecule has 0 radical (unpaired) electrons. The fraction of sp³-hybridized carbons (Fsp3) is 0.429. The van der Waals surface area contributed by atoms with Crippen molar-refractivity contribution in [2.45, 2.75) is 18.5 Å². The minimum Gasteiger partial charge on any atom is -0.393 e. The molecule has 2 rings (SSSR count). The number of para-hydroxylation sites is 1. The number of hydrogen-bond acceptors (Lipinski definition) is 3. The third-order valence-electron chi connectivity index (χ3n) is 3.32. The number of aliphatic hydroxyl groups is 1. The number of alkyl halides is 1. The van der Waals surface area contributed by atoms with E-state index >= 15 is 0 Å². The van der Waals surface area contributed by atoms with Crippen molar-refractivity contribution in [1.29, 1.82) is 0 Å². The smallest absolute Gasteiger partial charge is 0.313 e. The second kappa shape index (κ2) is 6.00. The molecule has 2 amide bonds. The van der Waals surface area contributed by atoms with Crippen LogP contribution in [0.3, 0.4) is 0 Å². The Morgan fingerprint density at radius 1 is 1.35 bits per heavy atom. The van der Waals surface area contributed by atoms with E-state index in [1.165, 1.54) is 0 Å². The lowest BCUT2D eigenvalue weighted by molar-refractivity contribution is -0.146. The Morgan fingerprint density at radius 2 is 2.05 bits per heavy atom. The van der Waals surface area contributed by atoms with Crippen molar-refractivity contribution in [3.05, 3.63) is 30.3 Å². The Hall–Kier alpha value is -1.95. The van der Waals surface area contributed by atoms with Gasteiger partial charge in [-0.2, -0.15) is 0 Å². The standard InChI is InChI=1S/C14H17FN2O3/c15-14(10-18)7-4-8-17(9-14)13(20)12(19)16-11-5-2-1-3-6-11/h1-3,5-6,18H,4,7-10H2,(H,16,19)/t14-/m1/s1. The number of rotatable bonds is 2. The maximum atomic E-state index is 14.0. The van der Waals surface area contributed by atoms with Crippen molar-refractivity contribution in [1.82, 2.24) is 4.90 Å². The highest BCUT2D eigenvalue weighted by atomic mass is 19.1. The van der Waals surface area contributed by atoms with Crippen LogP contribution in [-0.4, -0.2) is 47.2 Å². The first-order valence-corrected chi connectivity index (χ1v) is 6.49. The van der Waals surface area contributed by atoms with Crippen molar-refractivity contribution in [2.75, 3.05) is 25.0 Å². The van der Waals surface area contributed by atoms with Crippen molar-refractivity contribution in [2.24, 2.45) is 0 Å². The molecule has 0 saturated carbocycles. The topological polar surface area (TPSA) is 69.6 Å². The first-order chi connectivity index (χ1) is 9.54. The maximum Gasteiger partial charge on any atom is 0.313 e. The van der Waals surface area contributed by atoms with E-state index in [4.69, 9.17) is 5.11 Å². The van der Waals surface area contributed by atoms with Gasteiger partial charge in [-0.25, -0.2) is 4.39 Å². The van der Waals surface area contributed by atoms with Gasteiger partial charge in [0.05, 0.1) is 13.2 Å². The molecule has 1 aromatic carbocycles. The number of benzene rings is 1. The van der Waals surface area contributed by atoms with Crippen LogP contribution >= 0.6 is 0 Å². The number of halogens is 1. The molecule has 1 aliphatic heterocycles.